The molecule has 0 atom stereocenters. The SMILES string of the molecule is CCCCN(Cc1cccn1Cc1ccc(Br)cc1)C(=O)CN(CCCOC)C(=O)Nc1ccc(F)c(F)c1. The van der Waals surface area contributed by atoms with Crippen LogP contribution in [0.5, 0.6) is 0 Å². The Morgan fingerprint density at radius 2 is 1.74 bits per heavy atom. The molecule has 10 heteroatoms. The molecule has 0 aliphatic carbocycles. The normalized spacial score (nSPS) is 10.9. The fourth-order valence-electron chi connectivity index (χ4n) is 4.06. The lowest BCUT2D eigenvalue weighted by Crippen LogP contribution is -2.45. The van der Waals surface area contributed by atoms with Gasteiger partial charge in [0.05, 0.1) is 6.54 Å². The molecule has 210 valence electrons. The highest BCUT2D eigenvalue weighted by Gasteiger charge is 2.22. The number of aromatic nitrogens is 1. The highest BCUT2D eigenvalue weighted by Crippen LogP contribution is 2.16. The molecule has 1 aromatic heterocycles. The van der Waals surface area contributed by atoms with Crippen LogP contribution in [0.3, 0.4) is 0 Å². The molecule has 0 fully saturated rings. The first-order valence-electron chi connectivity index (χ1n) is 13.0. The van der Waals surface area contributed by atoms with Gasteiger partial charge in [-0.3, -0.25) is 4.79 Å². The van der Waals surface area contributed by atoms with Gasteiger partial charge in [-0.05, 0) is 54.8 Å². The lowest BCUT2D eigenvalue weighted by atomic mass is 10.2. The molecule has 3 aromatic rings. The van der Waals surface area contributed by atoms with Crippen molar-refractivity contribution in [3.8, 4) is 0 Å². The van der Waals surface area contributed by atoms with E-state index in [4.69, 9.17) is 4.74 Å². The number of methoxy groups -OCH3 is 1. The van der Waals surface area contributed by atoms with Gasteiger partial charge < -0.3 is 24.4 Å². The number of halogens is 3. The molecule has 0 unspecified atom stereocenters. The molecule has 0 saturated carbocycles. The zero-order valence-electron chi connectivity index (χ0n) is 22.3. The van der Waals surface area contributed by atoms with Crippen molar-refractivity contribution < 1.29 is 23.1 Å². The Hall–Kier alpha value is -3.24. The average Bonchev–Trinajstić information content (AvgIpc) is 3.35. The molecule has 39 heavy (non-hydrogen) atoms. The number of urea groups is 1. The number of nitrogens with one attached hydrogen (secondary N) is 1. The monoisotopic (exact) mass is 604 g/mol. The van der Waals surface area contributed by atoms with E-state index in [9.17, 15) is 18.4 Å². The number of benzene rings is 2. The summed E-state index contributed by atoms with van der Waals surface area (Å²) in [5, 5.41) is 2.57. The minimum absolute atomic E-state index is 0.108. The zero-order valence-corrected chi connectivity index (χ0v) is 23.9. The van der Waals surface area contributed by atoms with Crippen molar-refractivity contribution in [3.05, 3.63) is 88.2 Å². The summed E-state index contributed by atoms with van der Waals surface area (Å²) in [4.78, 5) is 29.7. The molecular weight excluding hydrogens is 570 g/mol. The number of nitrogens with zero attached hydrogens (tertiary/aromatic N) is 3. The number of hydrogen-bond donors (Lipinski definition) is 1. The van der Waals surface area contributed by atoms with E-state index in [1.807, 2.05) is 30.5 Å². The smallest absolute Gasteiger partial charge is 0.322 e. The van der Waals surface area contributed by atoms with Crippen LogP contribution in [0.15, 0.2) is 65.3 Å². The second-order valence-electron chi connectivity index (χ2n) is 9.25. The number of amides is 3. The van der Waals surface area contributed by atoms with E-state index in [-0.39, 0.29) is 24.7 Å². The number of anilines is 1. The molecule has 0 bridgehead atoms. The number of carbonyl (C=O) groups excluding carboxylic acids is 2. The maximum absolute atomic E-state index is 13.7. The average molecular weight is 606 g/mol. The number of carbonyl (C=O) groups is 2. The summed E-state index contributed by atoms with van der Waals surface area (Å²) in [6.07, 6.45) is 4.24. The molecule has 0 saturated heterocycles. The van der Waals surface area contributed by atoms with Crippen molar-refractivity contribution in [2.75, 3.05) is 38.7 Å². The Bertz CT molecular complexity index is 1220. The van der Waals surface area contributed by atoms with Crippen LogP contribution in [-0.4, -0.2) is 59.7 Å². The Labute approximate surface area is 236 Å². The highest BCUT2D eigenvalue weighted by atomic mass is 79.9. The van der Waals surface area contributed by atoms with Crippen molar-refractivity contribution in [2.24, 2.45) is 0 Å². The first kappa shape index (κ1) is 30.3. The second-order valence-corrected chi connectivity index (χ2v) is 10.2. The van der Waals surface area contributed by atoms with E-state index in [1.54, 1.807) is 12.0 Å². The number of unbranched alkanes of at least 4 members (excludes halogenated alkanes) is 1. The van der Waals surface area contributed by atoms with Crippen LogP contribution in [0.4, 0.5) is 19.3 Å². The van der Waals surface area contributed by atoms with Crippen LogP contribution >= 0.6 is 15.9 Å². The Morgan fingerprint density at radius 3 is 2.44 bits per heavy atom. The summed E-state index contributed by atoms with van der Waals surface area (Å²) < 4.78 is 35.2. The predicted molar refractivity (Wildman–Crippen MR) is 151 cm³/mol. The Morgan fingerprint density at radius 1 is 1.00 bits per heavy atom. The van der Waals surface area contributed by atoms with Crippen molar-refractivity contribution >= 4 is 33.6 Å². The summed E-state index contributed by atoms with van der Waals surface area (Å²) >= 11 is 3.46. The summed E-state index contributed by atoms with van der Waals surface area (Å²) in [6.45, 7) is 4.20. The van der Waals surface area contributed by atoms with E-state index in [1.165, 1.54) is 11.0 Å². The van der Waals surface area contributed by atoms with Gasteiger partial charge in [-0.15, -0.1) is 0 Å². The quantitative estimate of drug-likeness (QED) is 0.220. The third-order valence-corrected chi connectivity index (χ3v) is 6.77. The number of ether oxygens (including phenoxy) is 1. The van der Waals surface area contributed by atoms with Crippen molar-refractivity contribution in [1.29, 1.82) is 0 Å². The van der Waals surface area contributed by atoms with Gasteiger partial charge in [0, 0.05) is 61.5 Å². The maximum atomic E-state index is 13.7. The van der Waals surface area contributed by atoms with Gasteiger partial charge in [0.1, 0.15) is 6.54 Å². The third-order valence-electron chi connectivity index (χ3n) is 6.24. The Kier molecular flexibility index (Phi) is 11.9. The van der Waals surface area contributed by atoms with Gasteiger partial charge in [-0.1, -0.05) is 41.4 Å². The van der Waals surface area contributed by atoms with E-state index < -0.39 is 17.7 Å². The van der Waals surface area contributed by atoms with Gasteiger partial charge in [-0.25, -0.2) is 13.6 Å². The molecule has 7 nitrogen and oxygen atoms in total. The Balaban J connectivity index is 1.73. The van der Waals surface area contributed by atoms with Gasteiger partial charge >= 0.3 is 6.03 Å². The lowest BCUT2D eigenvalue weighted by molar-refractivity contribution is -0.132. The molecule has 2 aromatic carbocycles. The lowest BCUT2D eigenvalue weighted by Gasteiger charge is -2.28. The van der Waals surface area contributed by atoms with Crippen molar-refractivity contribution in [3.63, 3.8) is 0 Å². The summed E-state index contributed by atoms with van der Waals surface area (Å²) in [5.74, 6) is -2.26. The van der Waals surface area contributed by atoms with Crippen LogP contribution in [0.25, 0.3) is 0 Å². The van der Waals surface area contributed by atoms with E-state index in [0.717, 1.165) is 40.7 Å². The molecule has 0 aliphatic heterocycles. The van der Waals surface area contributed by atoms with E-state index in [0.29, 0.717) is 32.7 Å². The fourth-order valence-corrected chi connectivity index (χ4v) is 4.33. The highest BCUT2D eigenvalue weighted by molar-refractivity contribution is 9.10. The standard InChI is InChI=1S/C29H35BrF2N4O3/c1-3-4-14-35(20-25-7-5-15-34(25)19-22-8-10-23(30)11-9-22)28(37)21-36(16-6-17-39-2)29(38)33-24-12-13-26(31)27(32)18-24/h5,7-13,15,18H,3-4,6,14,16-17,19-21H2,1-2H3,(H,33,38). The minimum atomic E-state index is -1.06. The molecule has 1 N–H and O–H groups in total. The first-order chi connectivity index (χ1) is 18.8. The number of rotatable bonds is 14. The molecule has 3 rings (SSSR count). The maximum Gasteiger partial charge on any atom is 0.322 e. The first-order valence-corrected chi connectivity index (χ1v) is 13.8. The topological polar surface area (TPSA) is 66.8 Å². The zero-order chi connectivity index (χ0) is 28.2. The third kappa shape index (κ3) is 9.47. The van der Waals surface area contributed by atoms with Crippen LogP contribution in [0, 0.1) is 11.6 Å². The summed E-state index contributed by atoms with van der Waals surface area (Å²) in [7, 11) is 1.56. The minimum Gasteiger partial charge on any atom is -0.385 e. The van der Waals surface area contributed by atoms with Gasteiger partial charge in [0.2, 0.25) is 5.91 Å². The van der Waals surface area contributed by atoms with Crippen molar-refractivity contribution in [2.45, 2.75) is 39.3 Å². The largest absolute Gasteiger partial charge is 0.385 e. The molecule has 0 spiro atoms. The number of hydrogen-bond acceptors (Lipinski definition) is 3. The van der Waals surface area contributed by atoms with Gasteiger partial charge in [0.15, 0.2) is 11.6 Å². The molecular formula is C29H35BrF2N4O3. The second kappa shape index (κ2) is 15.4. The van der Waals surface area contributed by atoms with Crippen LogP contribution < -0.4 is 5.32 Å². The van der Waals surface area contributed by atoms with Crippen LogP contribution in [0.2, 0.25) is 0 Å². The van der Waals surface area contributed by atoms with Gasteiger partial charge in [0.25, 0.3) is 0 Å². The summed E-state index contributed by atoms with van der Waals surface area (Å²) in [6, 6.07) is 14.6. The predicted octanol–water partition coefficient (Wildman–Crippen LogP) is 6.28. The van der Waals surface area contributed by atoms with E-state index in [2.05, 4.69) is 44.9 Å². The molecule has 1 heterocycles. The molecule has 0 aliphatic rings. The molecule has 3 amide bonds. The van der Waals surface area contributed by atoms with E-state index >= 15 is 0 Å². The molecule has 0 radical (unpaired) electrons. The fraction of sp³-hybridized carbons (Fsp3) is 0.379. The van der Waals surface area contributed by atoms with Crippen molar-refractivity contribution in [1.82, 2.24) is 14.4 Å². The van der Waals surface area contributed by atoms with Crippen LogP contribution in [0.1, 0.15) is 37.4 Å². The summed E-state index contributed by atoms with van der Waals surface area (Å²) in [5.41, 5.74) is 2.23. The van der Waals surface area contributed by atoms with Crippen LogP contribution in [-0.2, 0) is 22.6 Å². The van der Waals surface area contributed by atoms with Gasteiger partial charge in [-0.2, -0.15) is 0 Å².